The molecule has 1 N–H and O–H groups in total. The number of rotatable bonds is 5. The van der Waals surface area contributed by atoms with Gasteiger partial charge in [-0.1, -0.05) is 0 Å². The molecule has 1 fully saturated rings. The number of benzene rings is 2. The number of carbonyl (C=O) groups excluding carboxylic acids is 1. The molecule has 2 heterocycles. The maximum atomic E-state index is 14.2. The molecule has 0 radical (unpaired) electrons. The van der Waals surface area contributed by atoms with E-state index in [4.69, 9.17) is 0 Å². The Labute approximate surface area is 195 Å². The van der Waals surface area contributed by atoms with Gasteiger partial charge in [0.05, 0.1) is 10.5 Å². The molecule has 1 saturated heterocycles. The lowest BCUT2D eigenvalue weighted by molar-refractivity contribution is -0.384. The fourth-order valence-corrected chi connectivity index (χ4v) is 3.95. The predicted octanol–water partition coefficient (Wildman–Crippen LogP) is 3.89. The third-order valence-electron chi connectivity index (χ3n) is 5.77. The van der Waals surface area contributed by atoms with Crippen LogP contribution >= 0.6 is 0 Å². The summed E-state index contributed by atoms with van der Waals surface area (Å²) in [7, 11) is 0. The van der Waals surface area contributed by atoms with E-state index in [9.17, 15) is 32.5 Å². The first kappa shape index (κ1) is 24.0. The minimum Gasteiger partial charge on any atom is -0.366 e. The average molecular weight is 493 g/mol. The number of alkyl halides is 3. The zero-order chi connectivity index (χ0) is 25.3. The zero-order valence-electron chi connectivity index (χ0n) is 18.3. The molecule has 1 amide bonds. The molecule has 10 nitrogen and oxygen atoms in total. The van der Waals surface area contributed by atoms with Crippen molar-refractivity contribution >= 4 is 23.0 Å². The molecule has 4 rings (SSSR count). The Morgan fingerprint density at radius 3 is 2.46 bits per heavy atom. The summed E-state index contributed by atoms with van der Waals surface area (Å²) in [5, 5.41) is 25.0. The first-order valence-electron chi connectivity index (χ1n) is 10.5. The van der Waals surface area contributed by atoms with Crippen LogP contribution in [0.3, 0.4) is 0 Å². The van der Waals surface area contributed by atoms with Crippen LogP contribution in [0.5, 0.6) is 0 Å². The van der Waals surface area contributed by atoms with Crippen LogP contribution < -0.4 is 10.2 Å². The van der Waals surface area contributed by atoms with Gasteiger partial charge >= 0.3 is 6.18 Å². The molecule has 0 atom stereocenters. The van der Waals surface area contributed by atoms with E-state index < -0.39 is 34.1 Å². The van der Waals surface area contributed by atoms with Gasteiger partial charge in [0.2, 0.25) is 5.91 Å². The Morgan fingerprint density at radius 2 is 1.86 bits per heavy atom. The van der Waals surface area contributed by atoms with Gasteiger partial charge in [-0.3, -0.25) is 14.9 Å². The molecule has 184 valence electrons. The third-order valence-corrected chi connectivity index (χ3v) is 5.77. The van der Waals surface area contributed by atoms with Crippen LogP contribution in [0.1, 0.15) is 24.2 Å². The molecule has 0 saturated carbocycles. The highest BCUT2D eigenvalue weighted by Gasteiger charge is 2.35. The normalized spacial score (nSPS) is 14.7. The van der Waals surface area contributed by atoms with E-state index in [0.29, 0.717) is 30.4 Å². The second-order valence-corrected chi connectivity index (χ2v) is 8.01. The van der Waals surface area contributed by atoms with Crippen LogP contribution in [0.25, 0.3) is 5.69 Å². The number of tetrazole rings is 1. The second kappa shape index (κ2) is 9.27. The SMILES string of the molecule is Cc1nnnn1-c1cc(NC(=O)C2CCN(c3ccc(C(F)(F)F)cc3[N+](=O)[O-])CC2)ccc1F. The van der Waals surface area contributed by atoms with Gasteiger partial charge in [-0.2, -0.15) is 17.9 Å². The molecule has 35 heavy (non-hydrogen) atoms. The van der Waals surface area contributed by atoms with Gasteiger partial charge in [0.15, 0.2) is 5.82 Å². The number of hydrogen-bond acceptors (Lipinski definition) is 7. The Hall–Kier alpha value is -4.10. The molecule has 14 heteroatoms. The Balaban J connectivity index is 1.44. The van der Waals surface area contributed by atoms with Crippen LogP contribution in [0.4, 0.5) is 34.6 Å². The predicted molar refractivity (Wildman–Crippen MR) is 116 cm³/mol. The first-order valence-corrected chi connectivity index (χ1v) is 10.5. The van der Waals surface area contributed by atoms with E-state index in [2.05, 4.69) is 20.8 Å². The maximum Gasteiger partial charge on any atom is 0.416 e. The Morgan fingerprint density at radius 1 is 1.14 bits per heavy atom. The summed E-state index contributed by atoms with van der Waals surface area (Å²) < 4.78 is 54.3. The van der Waals surface area contributed by atoms with E-state index in [-0.39, 0.29) is 30.4 Å². The van der Waals surface area contributed by atoms with Gasteiger partial charge in [0.1, 0.15) is 17.2 Å². The summed E-state index contributed by atoms with van der Waals surface area (Å²) in [6.45, 7) is 2.07. The lowest BCUT2D eigenvalue weighted by Crippen LogP contribution is -2.38. The molecule has 1 aromatic heterocycles. The zero-order valence-corrected chi connectivity index (χ0v) is 18.3. The van der Waals surface area contributed by atoms with Crippen molar-refractivity contribution in [2.45, 2.75) is 25.9 Å². The number of nitrogens with one attached hydrogen (secondary N) is 1. The number of nitro groups is 1. The van der Waals surface area contributed by atoms with Crippen LogP contribution in [-0.4, -0.2) is 44.1 Å². The van der Waals surface area contributed by atoms with Crippen LogP contribution in [-0.2, 0) is 11.0 Å². The van der Waals surface area contributed by atoms with Crippen molar-refractivity contribution in [2.75, 3.05) is 23.3 Å². The van der Waals surface area contributed by atoms with Gasteiger partial charge < -0.3 is 10.2 Å². The summed E-state index contributed by atoms with van der Waals surface area (Å²) in [5.41, 5.74) is -1.27. The summed E-state index contributed by atoms with van der Waals surface area (Å²) in [4.78, 5) is 24.9. The first-order chi connectivity index (χ1) is 16.5. The van der Waals surface area contributed by atoms with Crippen LogP contribution in [0, 0.1) is 28.8 Å². The molecule has 0 aliphatic carbocycles. The van der Waals surface area contributed by atoms with Gasteiger partial charge in [-0.05, 0) is 60.5 Å². The van der Waals surface area contributed by atoms with E-state index in [1.807, 2.05) is 0 Å². The summed E-state index contributed by atoms with van der Waals surface area (Å²) in [6.07, 6.45) is -4.05. The van der Waals surface area contributed by atoms with Crippen molar-refractivity contribution in [1.82, 2.24) is 20.2 Å². The van der Waals surface area contributed by atoms with E-state index in [1.54, 1.807) is 11.8 Å². The third kappa shape index (κ3) is 5.05. The minimum absolute atomic E-state index is 0.0646. The maximum absolute atomic E-state index is 14.2. The average Bonchev–Trinajstić information content (AvgIpc) is 3.25. The number of anilines is 2. The standard InChI is InChI=1S/C21H19F4N7O3/c1-12-27-28-29-31(12)18-11-15(3-4-16(18)22)26-20(33)13-6-8-30(9-7-13)17-5-2-14(21(23,24)25)10-19(17)32(34)35/h2-5,10-11,13H,6-9H2,1H3,(H,26,33). The fraction of sp³-hybridized carbons (Fsp3) is 0.333. The summed E-state index contributed by atoms with van der Waals surface area (Å²) in [6, 6.07) is 6.39. The molecule has 1 aliphatic rings. The molecule has 3 aromatic rings. The van der Waals surface area contributed by atoms with Crippen molar-refractivity contribution in [3.63, 3.8) is 0 Å². The Kier molecular flexibility index (Phi) is 6.37. The number of aryl methyl sites for hydroxylation is 1. The monoisotopic (exact) mass is 493 g/mol. The minimum atomic E-state index is -4.70. The number of aromatic nitrogens is 4. The van der Waals surface area contributed by atoms with E-state index in [1.165, 1.54) is 22.9 Å². The Bertz CT molecular complexity index is 1270. The topological polar surface area (TPSA) is 119 Å². The molecular formula is C21H19F4N7O3. The number of nitro benzene ring substituents is 1. The van der Waals surface area contributed by atoms with Crippen LogP contribution in [0.15, 0.2) is 36.4 Å². The van der Waals surface area contributed by atoms with Crippen molar-refractivity contribution in [1.29, 1.82) is 0 Å². The van der Waals surface area contributed by atoms with E-state index >= 15 is 0 Å². The largest absolute Gasteiger partial charge is 0.416 e. The number of piperidine rings is 1. The highest BCUT2D eigenvalue weighted by atomic mass is 19.4. The van der Waals surface area contributed by atoms with Gasteiger partial charge in [0, 0.05) is 30.8 Å². The second-order valence-electron chi connectivity index (χ2n) is 8.01. The number of carbonyl (C=O) groups is 1. The number of amides is 1. The molecule has 0 spiro atoms. The van der Waals surface area contributed by atoms with E-state index in [0.717, 1.165) is 12.1 Å². The summed E-state index contributed by atoms with van der Waals surface area (Å²) in [5.74, 6) is -0.984. The lowest BCUT2D eigenvalue weighted by atomic mass is 9.95. The van der Waals surface area contributed by atoms with Crippen molar-refractivity contribution in [3.05, 3.63) is 63.7 Å². The quantitative estimate of drug-likeness (QED) is 0.325. The van der Waals surface area contributed by atoms with Crippen LogP contribution in [0.2, 0.25) is 0 Å². The molecule has 1 aliphatic heterocycles. The number of halogens is 4. The van der Waals surface area contributed by atoms with Gasteiger partial charge in [-0.15, -0.1) is 5.10 Å². The smallest absolute Gasteiger partial charge is 0.366 e. The molecule has 2 aromatic carbocycles. The van der Waals surface area contributed by atoms with Crippen molar-refractivity contribution < 1.29 is 27.3 Å². The van der Waals surface area contributed by atoms with Crippen molar-refractivity contribution in [3.8, 4) is 5.69 Å². The molecular weight excluding hydrogens is 474 g/mol. The molecule has 0 bridgehead atoms. The highest BCUT2D eigenvalue weighted by molar-refractivity contribution is 5.93. The van der Waals surface area contributed by atoms with Gasteiger partial charge in [-0.25, -0.2) is 4.39 Å². The molecule has 0 unspecified atom stereocenters. The van der Waals surface area contributed by atoms with Crippen molar-refractivity contribution in [2.24, 2.45) is 5.92 Å². The number of hydrogen-bond donors (Lipinski definition) is 1. The summed E-state index contributed by atoms with van der Waals surface area (Å²) >= 11 is 0. The lowest BCUT2D eigenvalue weighted by Gasteiger charge is -2.32. The number of nitrogens with zero attached hydrogens (tertiary/aromatic N) is 6. The van der Waals surface area contributed by atoms with Gasteiger partial charge in [0.25, 0.3) is 5.69 Å². The fourth-order valence-electron chi connectivity index (χ4n) is 3.95. The highest BCUT2D eigenvalue weighted by Crippen LogP contribution is 2.37.